The Kier molecular flexibility index (Phi) is 4.23. The number of rotatable bonds is 3. The van der Waals surface area contributed by atoms with Gasteiger partial charge in [0.05, 0.1) is 0 Å². The maximum Gasteiger partial charge on any atom is 0.249 e. The van der Waals surface area contributed by atoms with Gasteiger partial charge in [0.25, 0.3) is 0 Å². The molecular formula is C16H20N2O2. The number of nitrogens with one attached hydrogen (secondary N) is 1. The molecule has 2 rings (SSSR count). The SMILES string of the molecule is CC(C)=CC(=O)N[C@@H]1C[C@H](C)N(c2ccccc2)C1=O. The number of hydrogen-bond donors (Lipinski definition) is 1. The average Bonchev–Trinajstić information content (AvgIpc) is 2.64. The molecule has 0 bridgehead atoms. The summed E-state index contributed by atoms with van der Waals surface area (Å²) in [4.78, 5) is 25.9. The van der Waals surface area contributed by atoms with Crippen molar-refractivity contribution in [2.45, 2.75) is 39.3 Å². The van der Waals surface area contributed by atoms with Crippen LogP contribution in [-0.2, 0) is 9.59 Å². The Morgan fingerprint density at radius 3 is 2.55 bits per heavy atom. The monoisotopic (exact) mass is 272 g/mol. The molecule has 2 atom stereocenters. The highest BCUT2D eigenvalue weighted by molar-refractivity contribution is 6.03. The van der Waals surface area contributed by atoms with Crippen LogP contribution in [0.1, 0.15) is 27.2 Å². The van der Waals surface area contributed by atoms with E-state index in [9.17, 15) is 9.59 Å². The maximum absolute atomic E-state index is 12.4. The van der Waals surface area contributed by atoms with Crippen LogP contribution < -0.4 is 10.2 Å². The number of amides is 2. The number of anilines is 1. The fourth-order valence-electron chi connectivity index (χ4n) is 2.50. The van der Waals surface area contributed by atoms with Crippen molar-refractivity contribution < 1.29 is 9.59 Å². The van der Waals surface area contributed by atoms with Crippen molar-refractivity contribution in [3.8, 4) is 0 Å². The van der Waals surface area contributed by atoms with Crippen LogP contribution in [0.25, 0.3) is 0 Å². The van der Waals surface area contributed by atoms with Crippen LogP contribution >= 0.6 is 0 Å². The lowest BCUT2D eigenvalue weighted by Crippen LogP contribution is -2.41. The zero-order valence-corrected chi connectivity index (χ0v) is 12.1. The van der Waals surface area contributed by atoms with Crippen LogP contribution in [0.4, 0.5) is 5.69 Å². The second kappa shape index (κ2) is 5.90. The van der Waals surface area contributed by atoms with Crippen LogP contribution in [0.3, 0.4) is 0 Å². The molecule has 1 saturated heterocycles. The lowest BCUT2D eigenvalue weighted by molar-refractivity contribution is -0.123. The lowest BCUT2D eigenvalue weighted by atomic mass is 10.2. The normalized spacial score (nSPS) is 21.8. The molecule has 106 valence electrons. The molecule has 1 aliphatic heterocycles. The number of carbonyl (C=O) groups excluding carboxylic acids is 2. The number of carbonyl (C=O) groups is 2. The summed E-state index contributed by atoms with van der Waals surface area (Å²) < 4.78 is 0. The van der Waals surface area contributed by atoms with E-state index in [0.717, 1.165) is 11.3 Å². The van der Waals surface area contributed by atoms with Gasteiger partial charge in [0.1, 0.15) is 6.04 Å². The third kappa shape index (κ3) is 3.07. The first-order chi connectivity index (χ1) is 9.49. The molecule has 0 aliphatic carbocycles. The fourth-order valence-corrected chi connectivity index (χ4v) is 2.50. The molecule has 0 unspecified atom stereocenters. The highest BCUT2D eigenvalue weighted by Gasteiger charge is 2.38. The van der Waals surface area contributed by atoms with Crippen LogP contribution in [0.15, 0.2) is 42.0 Å². The van der Waals surface area contributed by atoms with Crippen LogP contribution in [-0.4, -0.2) is 23.9 Å². The van der Waals surface area contributed by atoms with Crippen molar-refractivity contribution in [2.24, 2.45) is 0 Å². The van der Waals surface area contributed by atoms with Crippen molar-refractivity contribution in [2.75, 3.05) is 4.90 Å². The molecule has 1 fully saturated rings. The zero-order chi connectivity index (χ0) is 14.7. The van der Waals surface area contributed by atoms with Gasteiger partial charge >= 0.3 is 0 Å². The van der Waals surface area contributed by atoms with Gasteiger partial charge in [-0.25, -0.2) is 0 Å². The summed E-state index contributed by atoms with van der Waals surface area (Å²) in [6.07, 6.45) is 2.15. The Morgan fingerprint density at radius 2 is 1.95 bits per heavy atom. The van der Waals surface area contributed by atoms with Gasteiger partial charge in [-0.15, -0.1) is 0 Å². The summed E-state index contributed by atoms with van der Waals surface area (Å²) in [5.41, 5.74) is 1.80. The molecule has 4 heteroatoms. The Labute approximate surface area is 119 Å². The first-order valence-electron chi connectivity index (χ1n) is 6.82. The number of hydrogen-bond acceptors (Lipinski definition) is 2. The summed E-state index contributed by atoms with van der Waals surface area (Å²) in [6.45, 7) is 5.71. The molecule has 1 aromatic carbocycles. The van der Waals surface area contributed by atoms with Gasteiger partial charge < -0.3 is 10.2 Å². The summed E-state index contributed by atoms with van der Waals surface area (Å²) in [6, 6.07) is 9.20. The predicted octanol–water partition coefficient (Wildman–Crippen LogP) is 2.26. The molecule has 1 aliphatic rings. The second-order valence-electron chi connectivity index (χ2n) is 5.41. The smallest absolute Gasteiger partial charge is 0.249 e. The number of benzene rings is 1. The average molecular weight is 272 g/mol. The minimum Gasteiger partial charge on any atom is -0.341 e. The van der Waals surface area contributed by atoms with Crippen molar-refractivity contribution in [1.29, 1.82) is 0 Å². The van der Waals surface area contributed by atoms with E-state index in [-0.39, 0.29) is 17.9 Å². The molecular weight excluding hydrogens is 252 g/mol. The third-order valence-electron chi connectivity index (χ3n) is 3.32. The fraction of sp³-hybridized carbons (Fsp3) is 0.375. The van der Waals surface area contributed by atoms with Crippen molar-refractivity contribution >= 4 is 17.5 Å². The first kappa shape index (κ1) is 14.3. The quantitative estimate of drug-likeness (QED) is 0.858. The molecule has 1 aromatic rings. The molecule has 0 saturated carbocycles. The molecule has 0 spiro atoms. The van der Waals surface area contributed by atoms with E-state index in [1.807, 2.05) is 51.1 Å². The van der Waals surface area contributed by atoms with Gasteiger partial charge in [0.15, 0.2) is 0 Å². The van der Waals surface area contributed by atoms with Crippen molar-refractivity contribution in [3.63, 3.8) is 0 Å². The summed E-state index contributed by atoms with van der Waals surface area (Å²) in [5.74, 6) is -0.246. The van der Waals surface area contributed by atoms with Crippen molar-refractivity contribution in [3.05, 3.63) is 42.0 Å². The van der Waals surface area contributed by atoms with E-state index in [1.165, 1.54) is 6.08 Å². The molecule has 1 N–H and O–H groups in total. The number of allylic oxidation sites excluding steroid dienone is 1. The molecule has 0 radical (unpaired) electrons. The summed E-state index contributed by atoms with van der Waals surface area (Å²) >= 11 is 0. The lowest BCUT2D eigenvalue weighted by Gasteiger charge is -2.21. The zero-order valence-electron chi connectivity index (χ0n) is 12.1. The van der Waals surface area contributed by atoms with Gasteiger partial charge in [-0.3, -0.25) is 9.59 Å². The van der Waals surface area contributed by atoms with E-state index in [1.54, 1.807) is 4.90 Å². The minimum atomic E-state index is -0.437. The standard InChI is InChI=1S/C16H20N2O2/c1-11(2)9-15(19)17-14-10-12(3)18(16(14)20)13-7-5-4-6-8-13/h4-9,12,14H,10H2,1-3H3,(H,17,19)/t12-,14+/m0/s1. The van der Waals surface area contributed by atoms with Crippen molar-refractivity contribution in [1.82, 2.24) is 5.32 Å². The van der Waals surface area contributed by atoms with E-state index < -0.39 is 6.04 Å². The summed E-state index contributed by atoms with van der Waals surface area (Å²) in [7, 11) is 0. The van der Waals surface area contributed by atoms with Gasteiger partial charge in [-0.2, -0.15) is 0 Å². The van der Waals surface area contributed by atoms with Gasteiger partial charge in [-0.05, 0) is 39.3 Å². The van der Waals surface area contributed by atoms with E-state index in [4.69, 9.17) is 0 Å². The third-order valence-corrected chi connectivity index (χ3v) is 3.32. The van der Waals surface area contributed by atoms with Gasteiger partial charge in [-0.1, -0.05) is 23.8 Å². The Morgan fingerprint density at radius 1 is 1.30 bits per heavy atom. The molecule has 1 heterocycles. The van der Waals surface area contributed by atoms with E-state index in [2.05, 4.69) is 5.32 Å². The Hall–Kier alpha value is -2.10. The first-order valence-corrected chi connectivity index (χ1v) is 6.82. The molecule has 0 aromatic heterocycles. The maximum atomic E-state index is 12.4. The highest BCUT2D eigenvalue weighted by Crippen LogP contribution is 2.26. The van der Waals surface area contributed by atoms with Crippen LogP contribution in [0.2, 0.25) is 0 Å². The van der Waals surface area contributed by atoms with Crippen LogP contribution in [0, 0.1) is 0 Å². The molecule has 4 nitrogen and oxygen atoms in total. The Balaban J connectivity index is 2.11. The van der Waals surface area contributed by atoms with E-state index in [0.29, 0.717) is 6.42 Å². The predicted molar refractivity (Wildman–Crippen MR) is 79.4 cm³/mol. The summed E-state index contributed by atoms with van der Waals surface area (Å²) in [5, 5.41) is 2.78. The molecule has 20 heavy (non-hydrogen) atoms. The number of nitrogens with zero attached hydrogens (tertiary/aromatic N) is 1. The Bertz CT molecular complexity index is 533. The minimum absolute atomic E-state index is 0.0424. The largest absolute Gasteiger partial charge is 0.341 e. The number of para-hydroxylation sites is 1. The highest BCUT2D eigenvalue weighted by atomic mass is 16.2. The molecule has 2 amide bonds. The van der Waals surface area contributed by atoms with Crippen LogP contribution in [0.5, 0.6) is 0 Å². The topological polar surface area (TPSA) is 49.4 Å². The van der Waals surface area contributed by atoms with Gasteiger partial charge in [0.2, 0.25) is 11.8 Å². The van der Waals surface area contributed by atoms with Gasteiger partial charge in [0, 0.05) is 17.8 Å². The van der Waals surface area contributed by atoms with E-state index >= 15 is 0 Å². The second-order valence-corrected chi connectivity index (χ2v) is 5.41.